The predicted octanol–water partition coefficient (Wildman–Crippen LogP) is 0.858. The molecule has 0 bridgehead atoms. The third-order valence-electron chi connectivity index (χ3n) is 2.07. The van der Waals surface area contributed by atoms with Gasteiger partial charge >= 0.3 is 0 Å². The molecule has 0 aliphatic heterocycles. The van der Waals surface area contributed by atoms with Crippen molar-refractivity contribution < 1.29 is 4.79 Å². The first-order chi connectivity index (χ1) is 6.76. The van der Waals surface area contributed by atoms with Crippen molar-refractivity contribution in [3.05, 3.63) is 0 Å². The molecule has 0 saturated carbocycles. The summed E-state index contributed by atoms with van der Waals surface area (Å²) in [6.07, 6.45) is 6.81. The van der Waals surface area contributed by atoms with Gasteiger partial charge in [-0.25, -0.2) is 0 Å². The summed E-state index contributed by atoms with van der Waals surface area (Å²) in [6, 6.07) is 0. The maximum absolute atomic E-state index is 11.5. The van der Waals surface area contributed by atoms with E-state index in [9.17, 15) is 4.79 Å². The highest BCUT2D eigenvalue weighted by Gasteiger charge is 2.07. The van der Waals surface area contributed by atoms with Crippen molar-refractivity contribution in [3.8, 4) is 12.3 Å². The normalized spacial score (nSPS) is 9.50. The summed E-state index contributed by atoms with van der Waals surface area (Å²) < 4.78 is 0. The quantitative estimate of drug-likeness (QED) is 0.484. The van der Waals surface area contributed by atoms with Gasteiger partial charge in [-0.1, -0.05) is 0 Å². The number of nitrogens with one attached hydrogen (secondary N) is 1. The average Bonchev–Trinajstić information content (AvgIpc) is 2.19. The molecule has 1 amide bonds. The number of nitrogens with zero attached hydrogens (tertiary/aromatic N) is 1. The highest BCUT2D eigenvalue weighted by molar-refractivity contribution is 5.78. The third-order valence-corrected chi connectivity index (χ3v) is 2.07. The summed E-state index contributed by atoms with van der Waals surface area (Å²) in [6.45, 7) is 6.77. The van der Waals surface area contributed by atoms with Gasteiger partial charge in [-0.05, 0) is 26.8 Å². The van der Waals surface area contributed by atoms with Crippen molar-refractivity contribution in [1.82, 2.24) is 10.2 Å². The second-order valence-corrected chi connectivity index (χ2v) is 3.05. The molecule has 0 atom stereocenters. The fraction of sp³-hybridized carbons (Fsp3) is 0.727. The zero-order chi connectivity index (χ0) is 10.8. The fourth-order valence-electron chi connectivity index (χ4n) is 1.20. The predicted molar refractivity (Wildman–Crippen MR) is 58.9 cm³/mol. The van der Waals surface area contributed by atoms with E-state index in [0.29, 0.717) is 6.54 Å². The Morgan fingerprint density at radius 1 is 1.43 bits per heavy atom. The highest BCUT2D eigenvalue weighted by atomic mass is 16.2. The van der Waals surface area contributed by atoms with E-state index < -0.39 is 0 Å². The molecule has 3 nitrogen and oxygen atoms in total. The molecule has 0 aliphatic carbocycles. The van der Waals surface area contributed by atoms with Crippen LogP contribution in [-0.4, -0.2) is 37.0 Å². The molecule has 0 radical (unpaired) electrons. The Morgan fingerprint density at radius 3 is 2.57 bits per heavy atom. The van der Waals surface area contributed by atoms with Crippen LogP contribution in [0.15, 0.2) is 0 Å². The molecule has 0 saturated heterocycles. The van der Waals surface area contributed by atoms with E-state index in [1.165, 1.54) is 0 Å². The monoisotopic (exact) mass is 196 g/mol. The van der Waals surface area contributed by atoms with Crippen LogP contribution in [-0.2, 0) is 4.79 Å². The zero-order valence-corrected chi connectivity index (χ0v) is 9.18. The van der Waals surface area contributed by atoms with Gasteiger partial charge in [-0.3, -0.25) is 4.79 Å². The van der Waals surface area contributed by atoms with Gasteiger partial charge in [0.15, 0.2) is 0 Å². The van der Waals surface area contributed by atoms with Gasteiger partial charge in [0.1, 0.15) is 0 Å². The molecule has 14 heavy (non-hydrogen) atoms. The SMILES string of the molecule is C#CCCCNCC(=O)N(CC)CC. The van der Waals surface area contributed by atoms with E-state index in [0.717, 1.165) is 32.5 Å². The topological polar surface area (TPSA) is 32.3 Å². The summed E-state index contributed by atoms with van der Waals surface area (Å²) >= 11 is 0. The summed E-state index contributed by atoms with van der Waals surface area (Å²) in [4.78, 5) is 13.3. The lowest BCUT2D eigenvalue weighted by Crippen LogP contribution is -2.38. The minimum absolute atomic E-state index is 0.163. The van der Waals surface area contributed by atoms with Crippen LogP contribution in [0.1, 0.15) is 26.7 Å². The summed E-state index contributed by atoms with van der Waals surface area (Å²) in [5.74, 6) is 2.73. The minimum Gasteiger partial charge on any atom is -0.342 e. The number of carbonyl (C=O) groups excluding carboxylic acids is 1. The van der Waals surface area contributed by atoms with Crippen LogP contribution in [0.2, 0.25) is 0 Å². The number of amides is 1. The highest BCUT2D eigenvalue weighted by Crippen LogP contribution is 1.88. The van der Waals surface area contributed by atoms with Crippen LogP contribution in [0.4, 0.5) is 0 Å². The number of carbonyl (C=O) groups is 1. The van der Waals surface area contributed by atoms with E-state index in [2.05, 4.69) is 11.2 Å². The van der Waals surface area contributed by atoms with Gasteiger partial charge in [0.05, 0.1) is 6.54 Å². The van der Waals surface area contributed by atoms with Crippen molar-refractivity contribution in [3.63, 3.8) is 0 Å². The molecule has 0 heterocycles. The van der Waals surface area contributed by atoms with Crippen LogP contribution < -0.4 is 5.32 Å². The maximum atomic E-state index is 11.5. The van der Waals surface area contributed by atoms with Crippen LogP contribution in [0.25, 0.3) is 0 Å². The lowest BCUT2D eigenvalue weighted by Gasteiger charge is -2.18. The number of rotatable bonds is 7. The first-order valence-electron chi connectivity index (χ1n) is 5.18. The molecule has 0 rings (SSSR count). The zero-order valence-electron chi connectivity index (χ0n) is 9.18. The molecule has 0 aromatic rings. The lowest BCUT2D eigenvalue weighted by molar-refractivity contribution is -0.129. The number of unbranched alkanes of at least 4 members (excludes halogenated alkanes) is 1. The first kappa shape index (κ1) is 13.0. The minimum atomic E-state index is 0.163. The van der Waals surface area contributed by atoms with Crippen molar-refractivity contribution in [1.29, 1.82) is 0 Å². The summed E-state index contributed by atoms with van der Waals surface area (Å²) in [5.41, 5.74) is 0. The van der Waals surface area contributed by atoms with Crippen LogP contribution in [0.5, 0.6) is 0 Å². The molecular weight excluding hydrogens is 176 g/mol. The molecule has 0 aromatic carbocycles. The van der Waals surface area contributed by atoms with Gasteiger partial charge in [0, 0.05) is 19.5 Å². The smallest absolute Gasteiger partial charge is 0.236 e. The lowest BCUT2D eigenvalue weighted by atomic mass is 10.3. The fourth-order valence-corrected chi connectivity index (χ4v) is 1.20. The second kappa shape index (κ2) is 8.58. The molecule has 0 spiro atoms. The molecule has 0 aliphatic rings. The first-order valence-corrected chi connectivity index (χ1v) is 5.18. The Balaban J connectivity index is 3.48. The Morgan fingerprint density at radius 2 is 2.07 bits per heavy atom. The van der Waals surface area contributed by atoms with Crippen LogP contribution in [0.3, 0.4) is 0 Å². The molecular formula is C11H20N2O. The summed E-state index contributed by atoms with van der Waals surface area (Å²) in [7, 11) is 0. The van der Waals surface area contributed by atoms with E-state index in [1.54, 1.807) is 0 Å². The van der Waals surface area contributed by atoms with E-state index in [-0.39, 0.29) is 5.91 Å². The van der Waals surface area contributed by atoms with E-state index in [1.807, 2.05) is 18.7 Å². The average molecular weight is 196 g/mol. The molecule has 1 N–H and O–H groups in total. The Labute approximate surface area is 86.9 Å². The third kappa shape index (κ3) is 5.60. The van der Waals surface area contributed by atoms with Crippen LogP contribution >= 0.6 is 0 Å². The van der Waals surface area contributed by atoms with Gasteiger partial charge in [-0.2, -0.15) is 0 Å². The number of likely N-dealkylation sites (N-methyl/N-ethyl adjacent to an activating group) is 1. The molecule has 0 unspecified atom stereocenters. The van der Waals surface area contributed by atoms with Crippen molar-refractivity contribution in [2.24, 2.45) is 0 Å². The van der Waals surface area contributed by atoms with Crippen molar-refractivity contribution in [2.45, 2.75) is 26.7 Å². The standard InChI is InChI=1S/C11H20N2O/c1-4-7-8-9-12-10-11(14)13(5-2)6-3/h1,12H,5-10H2,2-3H3. The molecule has 80 valence electrons. The molecule has 3 heteroatoms. The van der Waals surface area contributed by atoms with E-state index >= 15 is 0 Å². The van der Waals surface area contributed by atoms with Crippen LogP contribution in [0, 0.1) is 12.3 Å². The van der Waals surface area contributed by atoms with Gasteiger partial charge in [0.2, 0.25) is 5.91 Å². The van der Waals surface area contributed by atoms with Crippen molar-refractivity contribution >= 4 is 5.91 Å². The summed E-state index contributed by atoms with van der Waals surface area (Å²) in [5, 5.41) is 3.08. The number of hydrogen-bond acceptors (Lipinski definition) is 2. The molecule has 0 fully saturated rings. The Kier molecular flexibility index (Phi) is 7.96. The van der Waals surface area contributed by atoms with Gasteiger partial charge in [-0.15, -0.1) is 12.3 Å². The number of hydrogen-bond donors (Lipinski definition) is 1. The van der Waals surface area contributed by atoms with Gasteiger partial charge in [0.25, 0.3) is 0 Å². The van der Waals surface area contributed by atoms with E-state index in [4.69, 9.17) is 6.42 Å². The second-order valence-electron chi connectivity index (χ2n) is 3.05. The maximum Gasteiger partial charge on any atom is 0.236 e. The number of terminal acetylenes is 1. The largest absolute Gasteiger partial charge is 0.342 e. The van der Waals surface area contributed by atoms with Gasteiger partial charge < -0.3 is 10.2 Å². The Hall–Kier alpha value is -1.01. The van der Waals surface area contributed by atoms with Crippen molar-refractivity contribution in [2.75, 3.05) is 26.2 Å². The Bertz CT molecular complexity index is 192. The molecule has 0 aromatic heterocycles.